The molecule has 1 aromatic rings. The summed E-state index contributed by atoms with van der Waals surface area (Å²) in [5, 5.41) is 4.55. The van der Waals surface area contributed by atoms with E-state index in [1.165, 1.54) is 19.3 Å². The summed E-state index contributed by atoms with van der Waals surface area (Å²) in [4.78, 5) is 2.21. The van der Waals surface area contributed by atoms with Crippen molar-refractivity contribution in [1.82, 2.24) is 4.90 Å². The lowest BCUT2D eigenvalue weighted by Crippen LogP contribution is -2.13. The van der Waals surface area contributed by atoms with Gasteiger partial charge in [-0.05, 0) is 51.7 Å². The Morgan fingerprint density at radius 3 is 2.26 bits per heavy atom. The molecule has 0 fully saturated rings. The van der Waals surface area contributed by atoms with Gasteiger partial charge in [-0.2, -0.15) is 0 Å². The lowest BCUT2D eigenvalue weighted by atomic mass is 10.2. The Balaban J connectivity index is 0. The zero-order valence-corrected chi connectivity index (χ0v) is 14.4. The van der Waals surface area contributed by atoms with Gasteiger partial charge in [0.25, 0.3) is 0 Å². The van der Waals surface area contributed by atoms with Crippen molar-refractivity contribution in [3.8, 4) is 0 Å². The molecule has 0 heterocycles. The number of benzene rings is 1. The second kappa shape index (κ2) is 11.9. The zero-order chi connectivity index (χ0) is 12.7. The molecule has 0 saturated heterocycles. The van der Waals surface area contributed by atoms with Gasteiger partial charge in [-0.3, -0.25) is 0 Å². The third kappa shape index (κ3) is 9.64. The van der Waals surface area contributed by atoms with Crippen LogP contribution in [0.3, 0.4) is 0 Å². The molecule has 0 radical (unpaired) electrons. The van der Waals surface area contributed by atoms with Crippen molar-refractivity contribution >= 4 is 53.7 Å². The number of hydrogen-bond donors (Lipinski definition) is 1. The molecule has 0 aliphatic rings. The molecule has 0 bridgehead atoms. The quantitative estimate of drug-likeness (QED) is 0.699. The first-order valence-corrected chi connectivity index (χ1v) is 6.69. The minimum Gasteiger partial charge on any atom is -0.385 e. The molecule has 0 aliphatic heterocycles. The lowest BCUT2D eigenvalue weighted by Gasteiger charge is -2.10. The Morgan fingerprint density at radius 1 is 1.00 bits per heavy atom. The monoisotopic (exact) mass is 346 g/mol. The van der Waals surface area contributed by atoms with Crippen LogP contribution in [0.2, 0.25) is 10.0 Å². The van der Waals surface area contributed by atoms with Crippen LogP contribution in [-0.4, -0.2) is 32.1 Å². The zero-order valence-electron chi connectivity index (χ0n) is 11.3. The van der Waals surface area contributed by atoms with Crippen molar-refractivity contribution in [2.75, 3.05) is 32.5 Å². The maximum atomic E-state index is 5.93. The molecule has 1 aromatic carbocycles. The highest BCUT2D eigenvalue weighted by atomic mass is 35.5. The second-order valence-electron chi connectivity index (χ2n) is 4.42. The molecule has 0 unspecified atom stereocenters. The predicted octanol–water partition coefficient (Wildman–Crippen LogP) is 4.98. The summed E-state index contributed by atoms with van der Waals surface area (Å²) >= 11 is 11.8. The maximum absolute atomic E-state index is 5.93. The molecule has 112 valence electrons. The Bertz CT molecular complexity index is 345. The number of halogens is 4. The van der Waals surface area contributed by atoms with E-state index in [4.69, 9.17) is 23.2 Å². The van der Waals surface area contributed by atoms with E-state index in [2.05, 4.69) is 24.3 Å². The van der Waals surface area contributed by atoms with Crippen LogP contribution in [0.5, 0.6) is 0 Å². The van der Waals surface area contributed by atoms with Gasteiger partial charge in [0.1, 0.15) is 0 Å². The normalized spacial score (nSPS) is 9.74. The molecule has 2 nitrogen and oxygen atoms in total. The van der Waals surface area contributed by atoms with E-state index in [1.807, 2.05) is 18.2 Å². The van der Waals surface area contributed by atoms with Gasteiger partial charge in [0.2, 0.25) is 0 Å². The highest BCUT2D eigenvalue weighted by molar-refractivity contribution is 6.42. The summed E-state index contributed by atoms with van der Waals surface area (Å²) in [6, 6.07) is 5.63. The Morgan fingerprint density at radius 2 is 1.68 bits per heavy atom. The summed E-state index contributed by atoms with van der Waals surface area (Å²) < 4.78 is 0. The number of anilines is 1. The molecular formula is C13H22Cl4N2. The topological polar surface area (TPSA) is 15.3 Å². The average Bonchev–Trinajstić information content (AvgIpc) is 2.27. The van der Waals surface area contributed by atoms with Gasteiger partial charge in [-0.25, -0.2) is 0 Å². The minimum absolute atomic E-state index is 0. The lowest BCUT2D eigenvalue weighted by molar-refractivity contribution is 0.393. The first kappa shape index (κ1) is 21.4. The van der Waals surface area contributed by atoms with Crippen molar-refractivity contribution in [2.24, 2.45) is 0 Å². The highest BCUT2D eigenvalue weighted by Crippen LogP contribution is 2.24. The van der Waals surface area contributed by atoms with Crippen LogP contribution >= 0.6 is 48.0 Å². The van der Waals surface area contributed by atoms with E-state index in [0.29, 0.717) is 10.0 Å². The summed E-state index contributed by atoms with van der Waals surface area (Å²) in [5.41, 5.74) is 1.03. The third-order valence-electron chi connectivity index (χ3n) is 2.53. The van der Waals surface area contributed by atoms with Crippen LogP contribution in [0.4, 0.5) is 5.69 Å². The van der Waals surface area contributed by atoms with Gasteiger partial charge in [-0.15, -0.1) is 24.8 Å². The van der Waals surface area contributed by atoms with E-state index < -0.39 is 0 Å². The molecule has 0 atom stereocenters. The first-order valence-electron chi connectivity index (χ1n) is 5.93. The third-order valence-corrected chi connectivity index (χ3v) is 3.27. The molecule has 1 rings (SSSR count). The number of nitrogens with zero attached hydrogens (tertiary/aromatic N) is 1. The first-order chi connectivity index (χ1) is 8.09. The summed E-state index contributed by atoms with van der Waals surface area (Å²) in [5.74, 6) is 0. The maximum Gasteiger partial charge on any atom is 0.0612 e. The van der Waals surface area contributed by atoms with Gasteiger partial charge >= 0.3 is 0 Å². The number of rotatable bonds is 7. The summed E-state index contributed by atoms with van der Waals surface area (Å²) in [6.45, 7) is 2.14. The molecule has 1 N–H and O–H groups in total. The smallest absolute Gasteiger partial charge is 0.0612 e. The minimum atomic E-state index is 0. The Labute approximate surface area is 138 Å². The molecule has 0 aromatic heterocycles. The predicted molar refractivity (Wildman–Crippen MR) is 91.9 cm³/mol. The highest BCUT2D eigenvalue weighted by Gasteiger charge is 1.98. The molecule has 19 heavy (non-hydrogen) atoms. The van der Waals surface area contributed by atoms with Crippen LogP contribution in [0.25, 0.3) is 0 Å². The SMILES string of the molecule is CN(C)CCCCCNc1ccc(Cl)c(Cl)c1.Cl.Cl. The average molecular weight is 348 g/mol. The van der Waals surface area contributed by atoms with Gasteiger partial charge < -0.3 is 10.2 Å². The fourth-order valence-electron chi connectivity index (χ4n) is 1.57. The van der Waals surface area contributed by atoms with E-state index in [9.17, 15) is 0 Å². The van der Waals surface area contributed by atoms with E-state index in [1.54, 1.807) is 0 Å². The fraction of sp³-hybridized carbons (Fsp3) is 0.538. The summed E-state index contributed by atoms with van der Waals surface area (Å²) in [7, 11) is 4.21. The van der Waals surface area contributed by atoms with E-state index in [-0.39, 0.29) is 24.8 Å². The van der Waals surface area contributed by atoms with E-state index >= 15 is 0 Å². The molecule has 0 aliphatic carbocycles. The van der Waals surface area contributed by atoms with E-state index in [0.717, 1.165) is 18.8 Å². The molecule has 0 saturated carbocycles. The fourth-order valence-corrected chi connectivity index (χ4v) is 1.87. The summed E-state index contributed by atoms with van der Waals surface area (Å²) in [6.07, 6.45) is 3.66. The van der Waals surface area contributed by atoms with Crippen molar-refractivity contribution in [1.29, 1.82) is 0 Å². The van der Waals surface area contributed by atoms with Crippen molar-refractivity contribution in [3.63, 3.8) is 0 Å². The van der Waals surface area contributed by atoms with Gasteiger partial charge in [0.05, 0.1) is 10.0 Å². The van der Waals surface area contributed by atoms with Crippen LogP contribution in [0.15, 0.2) is 18.2 Å². The number of unbranched alkanes of at least 4 members (excludes halogenated alkanes) is 2. The van der Waals surface area contributed by atoms with Gasteiger partial charge in [-0.1, -0.05) is 29.6 Å². The molecule has 6 heteroatoms. The Kier molecular flexibility index (Phi) is 13.5. The number of hydrogen-bond acceptors (Lipinski definition) is 2. The Hall–Kier alpha value is 0.140. The van der Waals surface area contributed by atoms with Gasteiger partial charge in [0, 0.05) is 12.2 Å². The molecular weight excluding hydrogens is 326 g/mol. The van der Waals surface area contributed by atoms with Crippen LogP contribution < -0.4 is 5.32 Å². The standard InChI is InChI=1S/C13H20Cl2N2.2ClH/c1-17(2)9-5-3-4-8-16-11-6-7-12(14)13(15)10-11;;/h6-7,10,16H,3-5,8-9H2,1-2H3;2*1H. The van der Waals surface area contributed by atoms with Crippen molar-refractivity contribution < 1.29 is 0 Å². The molecule has 0 spiro atoms. The van der Waals surface area contributed by atoms with Crippen molar-refractivity contribution in [3.05, 3.63) is 28.2 Å². The second-order valence-corrected chi connectivity index (χ2v) is 5.23. The van der Waals surface area contributed by atoms with Crippen LogP contribution in [-0.2, 0) is 0 Å². The van der Waals surface area contributed by atoms with Crippen LogP contribution in [0, 0.1) is 0 Å². The number of nitrogens with one attached hydrogen (secondary N) is 1. The molecule has 0 amide bonds. The van der Waals surface area contributed by atoms with Gasteiger partial charge in [0.15, 0.2) is 0 Å². The largest absolute Gasteiger partial charge is 0.385 e. The van der Waals surface area contributed by atoms with Crippen LogP contribution in [0.1, 0.15) is 19.3 Å². The van der Waals surface area contributed by atoms with Crippen molar-refractivity contribution in [2.45, 2.75) is 19.3 Å².